The van der Waals surface area contributed by atoms with Crippen LogP contribution >= 0.6 is 0 Å². The van der Waals surface area contributed by atoms with Crippen molar-refractivity contribution < 1.29 is 17.6 Å². The van der Waals surface area contributed by atoms with Gasteiger partial charge in [0.2, 0.25) is 0 Å². The number of hydrogen-bond donors (Lipinski definition) is 0. The first-order chi connectivity index (χ1) is 6.95. The van der Waals surface area contributed by atoms with Gasteiger partial charge in [-0.1, -0.05) is 0 Å². The van der Waals surface area contributed by atoms with Gasteiger partial charge >= 0.3 is 6.18 Å². The van der Waals surface area contributed by atoms with Crippen molar-refractivity contribution in [1.29, 1.82) is 5.26 Å². The lowest BCUT2D eigenvalue weighted by Crippen LogP contribution is -2.05. The molecule has 0 aliphatic rings. The summed E-state index contributed by atoms with van der Waals surface area (Å²) in [7, 11) is 0. The van der Waals surface area contributed by atoms with Crippen LogP contribution in [0.1, 0.15) is 11.1 Å². The summed E-state index contributed by atoms with van der Waals surface area (Å²) in [6.07, 6.45) is -2.61. The van der Waals surface area contributed by atoms with Gasteiger partial charge in [-0.25, -0.2) is 4.39 Å². The highest BCUT2D eigenvalue weighted by Crippen LogP contribution is 2.30. The van der Waals surface area contributed by atoms with Crippen molar-refractivity contribution in [1.82, 2.24) is 0 Å². The molecule has 0 fully saturated rings. The molecular formula is C10H5F4N. The van der Waals surface area contributed by atoms with Crippen LogP contribution in [-0.2, 0) is 6.18 Å². The molecule has 15 heavy (non-hydrogen) atoms. The molecule has 0 atom stereocenters. The topological polar surface area (TPSA) is 23.8 Å². The molecule has 0 saturated heterocycles. The van der Waals surface area contributed by atoms with Gasteiger partial charge in [-0.15, -0.1) is 0 Å². The second-order valence-corrected chi connectivity index (χ2v) is 2.70. The Bertz CT molecular complexity index is 426. The molecular weight excluding hydrogens is 210 g/mol. The van der Waals surface area contributed by atoms with E-state index in [-0.39, 0.29) is 5.56 Å². The van der Waals surface area contributed by atoms with Crippen LogP contribution in [0.15, 0.2) is 24.3 Å². The fourth-order valence-electron chi connectivity index (χ4n) is 0.975. The predicted octanol–water partition coefficient (Wildman–Crippen LogP) is 3.38. The van der Waals surface area contributed by atoms with Crippen LogP contribution in [-0.4, -0.2) is 0 Å². The number of hydrogen-bond acceptors (Lipinski definition) is 1. The highest BCUT2D eigenvalue weighted by molar-refractivity contribution is 5.53. The molecule has 1 rings (SSSR count). The van der Waals surface area contributed by atoms with Crippen molar-refractivity contribution in [2.75, 3.05) is 0 Å². The predicted molar refractivity (Wildman–Crippen MR) is 46.0 cm³/mol. The summed E-state index contributed by atoms with van der Waals surface area (Å²) >= 11 is 0. The fourth-order valence-corrected chi connectivity index (χ4v) is 0.975. The van der Waals surface area contributed by atoms with E-state index in [2.05, 4.69) is 0 Å². The van der Waals surface area contributed by atoms with Gasteiger partial charge in [0.05, 0.1) is 11.6 Å². The maximum atomic E-state index is 13.0. The van der Waals surface area contributed by atoms with Crippen LogP contribution in [0, 0.1) is 17.1 Å². The molecule has 0 aliphatic carbocycles. The van der Waals surface area contributed by atoms with Crippen LogP contribution < -0.4 is 0 Å². The normalized spacial score (nSPS) is 11.7. The number of nitriles is 1. The van der Waals surface area contributed by atoms with E-state index < -0.39 is 17.6 Å². The summed E-state index contributed by atoms with van der Waals surface area (Å²) in [6, 6.07) is 3.60. The first-order valence-corrected chi connectivity index (χ1v) is 3.88. The standard InChI is InChI=1S/C10H5F4N/c11-9-4-3-8(10(12,13)14)6-7(9)2-1-5-15/h1-4,6H. The number of alkyl halides is 3. The molecule has 0 aromatic heterocycles. The molecule has 78 valence electrons. The third-order valence-electron chi connectivity index (χ3n) is 1.66. The SMILES string of the molecule is N#CC=Cc1cc(C(F)(F)F)ccc1F. The number of halogens is 4. The molecule has 5 heteroatoms. The third kappa shape index (κ3) is 2.81. The molecule has 0 aliphatic heterocycles. The van der Waals surface area contributed by atoms with Crippen LogP contribution in [0.5, 0.6) is 0 Å². The maximum Gasteiger partial charge on any atom is 0.416 e. The molecule has 0 spiro atoms. The second kappa shape index (κ2) is 4.13. The molecule has 1 aromatic carbocycles. The summed E-state index contributed by atoms with van der Waals surface area (Å²) in [5, 5.41) is 8.17. The van der Waals surface area contributed by atoms with Gasteiger partial charge in [0.15, 0.2) is 0 Å². The van der Waals surface area contributed by atoms with Gasteiger partial charge in [0.1, 0.15) is 5.82 Å². The van der Waals surface area contributed by atoms with E-state index in [1.54, 1.807) is 6.07 Å². The van der Waals surface area contributed by atoms with E-state index in [4.69, 9.17) is 5.26 Å². The Labute approximate surface area is 83.3 Å². The van der Waals surface area contributed by atoms with E-state index >= 15 is 0 Å². The van der Waals surface area contributed by atoms with E-state index in [1.165, 1.54) is 0 Å². The molecule has 0 amide bonds. The summed E-state index contributed by atoms with van der Waals surface area (Å²) in [5.41, 5.74) is -1.20. The average molecular weight is 215 g/mol. The van der Waals surface area contributed by atoms with E-state index in [0.29, 0.717) is 12.1 Å². The number of rotatable bonds is 1. The molecule has 1 aromatic rings. The monoisotopic (exact) mass is 215 g/mol. The minimum absolute atomic E-state index is 0.258. The van der Waals surface area contributed by atoms with Gasteiger partial charge in [0.25, 0.3) is 0 Å². The molecule has 0 unspecified atom stereocenters. The summed E-state index contributed by atoms with van der Waals surface area (Å²) in [5.74, 6) is -0.797. The van der Waals surface area contributed by atoms with E-state index in [9.17, 15) is 17.6 Å². The largest absolute Gasteiger partial charge is 0.416 e. The highest BCUT2D eigenvalue weighted by Gasteiger charge is 2.30. The number of benzene rings is 1. The smallest absolute Gasteiger partial charge is 0.206 e. The highest BCUT2D eigenvalue weighted by atomic mass is 19.4. The van der Waals surface area contributed by atoms with Crippen molar-refractivity contribution in [3.05, 3.63) is 41.2 Å². The van der Waals surface area contributed by atoms with Crippen molar-refractivity contribution in [3.63, 3.8) is 0 Å². The maximum absolute atomic E-state index is 13.0. The summed E-state index contributed by atoms with van der Waals surface area (Å²) < 4.78 is 49.6. The number of allylic oxidation sites excluding steroid dienone is 1. The zero-order valence-corrected chi connectivity index (χ0v) is 7.35. The minimum Gasteiger partial charge on any atom is -0.206 e. The molecule has 0 N–H and O–H groups in total. The van der Waals surface area contributed by atoms with Crippen molar-refractivity contribution in [2.24, 2.45) is 0 Å². The Kier molecular flexibility index (Phi) is 3.10. The van der Waals surface area contributed by atoms with E-state index in [1.807, 2.05) is 0 Å². The van der Waals surface area contributed by atoms with Crippen LogP contribution in [0.2, 0.25) is 0 Å². The third-order valence-corrected chi connectivity index (χ3v) is 1.66. The Morgan fingerprint density at radius 2 is 1.93 bits per heavy atom. The number of nitrogens with zero attached hydrogens (tertiary/aromatic N) is 1. The molecule has 1 nitrogen and oxygen atoms in total. The average Bonchev–Trinajstić information content (AvgIpc) is 2.15. The molecule has 0 radical (unpaired) electrons. The van der Waals surface area contributed by atoms with Crippen LogP contribution in [0.4, 0.5) is 17.6 Å². The van der Waals surface area contributed by atoms with E-state index in [0.717, 1.165) is 18.2 Å². The van der Waals surface area contributed by atoms with Crippen molar-refractivity contribution >= 4 is 6.08 Å². The molecule has 0 saturated carbocycles. The molecule has 0 heterocycles. The van der Waals surface area contributed by atoms with Crippen LogP contribution in [0.25, 0.3) is 6.08 Å². The fraction of sp³-hybridized carbons (Fsp3) is 0.100. The zero-order chi connectivity index (χ0) is 11.5. The lowest BCUT2D eigenvalue weighted by molar-refractivity contribution is -0.137. The lowest BCUT2D eigenvalue weighted by atomic mass is 10.1. The Morgan fingerprint density at radius 3 is 2.47 bits per heavy atom. The van der Waals surface area contributed by atoms with Gasteiger partial charge in [-0.3, -0.25) is 0 Å². The lowest BCUT2D eigenvalue weighted by Gasteiger charge is -2.07. The minimum atomic E-state index is -4.51. The summed E-state index contributed by atoms with van der Waals surface area (Å²) in [4.78, 5) is 0. The van der Waals surface area contributed by atoms with Crippen molar-refractivity contribution in [3.8, 4) is 6.07 Å². The van der Waals surface area contributed by atoms with Gasteiger partial charge in [-0.05, 0) is 24.3 Å². The Balaban J connectivity index is 3.18. The summed E-state index contributed by atoms with van der Waals surface area (Å²) in [6.45, 7) is 0. The van der Waals surface area contributed by atoms with Crippen LogP contribution in [0.3, 0.4) is 0 Å². The Hall–Kier alpha value is -1.83. The van der Waals surface area contributed by atoms with Gasteiger partial charge in [0, 0.05) is 11.6 Å². The van der Waals surface area contributed by atoms with Crippen molar-refractivity contribution in [2.45, 2.75) is 6.18 Å². The quantitative estimate of drug-likeness (QED) is 0.520. The Morgan fingerprint density at radius 1 is 1.27 bits per heavy atom. The van der Waals surface area contributed by atoms with Gasteiger partial charge < -0.3 is 0 Å². The second-order valence-electron chi connectivity index (χ2n) is 2.70. The molecule has 0 bridgehead atoms. The first kappa shape index (κ1) is 11.2. The van der Waals surface area contributed by atoms with Gasteiger partial charge in [-0.2, -0.15) is 18.4 Å². The zero-order valence-electron chi connectivity index (χ0n) is 7.35. The first-order valence-electron chi connectivity index (χ1n) is 3.88.